The second-order valence-electron chi connectivity index (χ2n) is 3.30. The van der Waals surface area contributed by atoms with Crippen LogP contribution in [-0.4, -0.2) is 26.8 Å². The fourth-order valence-electron chi connectivity index (χ4n) is 1.17. The Labute approximate surface area is 101 Å². The maximum Gasteiger partial charge on any atom is 0.343 e. The summed E-state index contributed by atoms with van der Waals surface area (Å²) in [5, 5.41) is 0. The zero-order valence-corrected chi connectivity index (χ0v) is 10.0. The molecule has 17 heavy (non-hydrogen) atoms. The highest BCUT2D eigenvalue weighted by molar-refractivity contribution is 5.89. The largest absolute Gasteiger partial charge is 0.498 e. The highest BCUT2D eigenvalue weighted by atomic mass is 16.5. The van der Waals surface area contributed by atoms with E-state index in [1.807, 2.05) is 6.07 Å². The molecule has 0 aliphatic heterocycles. The van der Waals surface area contributed by atoms with Crippen LogP contribution in [0.2, 0.25) is 0 Å². The third kappa shape index (κ3) is 4.70. The summed E-state index contributed by atoms with van der Waals surface area (Å²) in [7, 11) is 3.13. The Morgan fingerprint density at radius 2 is 1.94 bits per heavy atom. The van der Waals surface area contributed by atoms with Crippen LogP contribution in [0, 0.1) is 0 Å². The lowest BCUT2D eigenvalue weighted by atomic mass is 10.2. The smallest absolute Gasteiger partial charge is 0.343 e. The van der Waals surface area contributed by atoms with Crippen molar-refractivity contribution in [3.8, 4) is 0 Å². The first kappa shape index (κ1) is 13.3. The van der Waals surface area contributed by atoms with E-state index in [0.717, 1.165) is 0 Å². The van der Waals surface area contributed by atoms with Crippen LogP contribution in [0.15, 0.2) is 42.4 Å². The Morgan fingerprint density at radius 3 is 2.53 bits per heavy atom. The number of carbonyl (C=O) groups excluding carboxylic acids is 1. The minimum atomic E-state index is -0.405. The van der Waals surface area contributed by atoms with Gasteiger partial charge in [-0.2, -0.15) is 0 Å². The first-order chi connectivity index (χ1) is 8.27. The van der Waals surface area contributed by atoms with Gasteiger partial charge in [-0.25, -0.2) is 4.79 Å². The summed E-state index contributed by atoms with van der Waals surface area (Å²) in [5.74, 6) is 0.161. The van der Waals surface area contributed by atoms with Gasteiger partial charge in [0.05, 0.1) is 19.3 Å². The molecule has 0 aromatic heterocycles. The zero-order valence-electron chi connectivity index (χ0n) is 10.0. The van der Waals surface area contributed by atoms with Gasteiger partial charge in [-0.1, -0.05) is 18.2 Å². The minimum absolute atomic E-state index is 0.405. The zero-order chi connectivity index (χ0) is 12.5. The number of hydrogen-bond acceptors (Lipinski definition) is 4. The van der Waals surface area contributed by atoms with Crippen LogP contribution in [0.5, 0.6) is 0 Å². The van der Waals surface area contributed by atoms with E-state index in [-0.39, 0.29) is 0 Å². The fourth-order valence-corrected chi connectivity index (χ4v) is 1.17. The van der Waals surface area contributed by atoms with Gasteiger partial charge < -0.3 is 14.2 Å². The van der Waals surface area contributed by atoms with Crippen LogP contribution in [0.25, 0.3) is 0 Å². The summed E-state index contributed by atoms with van der Waals surface area (Å²) in [6, 6.07) is 8.78. The maximum atomic E-state index is 11.6. The molecule has 4 heteroatoms. The second kappa shape index (κ2) is 7.46. The van der Waals surface area contributed by atoms with E-state index < -0.39 is 5.97 Å². The van der Waals surface area contributed by atoms with Gasteiger partial charge in [-0.05, 0) is 12.1 Å². The lowest BCUT2D eigenvalue weighted by Gasteiger charge is -2.05. The van der Waals surface area contributed by atoms with Crippen molar-refractivity contribution < 1.29 is 19.0 Å². The summed E-state index contributed by atoms with van der Waals surface area (Å²) in [6.45, 7) is 0.516. The van der Waals surface area contributed by atoms with E-state index in [1.54, 1.807) is 31.4 Å². The molecule has 0 N–H and O–H groups in total. The molecule has 92 valence electrons. The highest BCUT2D eigenvalue weighted by Gasteiger charge is 2.05. The molecule has 1 rings (SSSR count). The number of carbonyl (C=O) groups is 1. The van der Waals surface area contributed by atoms with Gasteiger partial charge in [0.1, 0.15) is 12.0 Å². The summed E-state index contributed by atoms with van der Waals surface area (Å²) in [5.41, 5.74) is 0.506. The molecule has 0 radical (unpaired) electrons. The maximum absolute atomic E-state index is 11.6. The van der Waals surface area contributed by atoms with Crippen molar-refractivity contribution in [1.29, 1.82) is 0 Å². The fraction of sp³-hybridized carbons (Fsp3) is 0.308. The van der Waals surface area contributed by atoms with E-state index in [2.05, 4.69) is 0 Å². The molecule has 0 aliphatic rings. The predicted octanol–water partition coefficient (Wildman–Crippen LogP) is 2.37. The first-order valence-electron chi connectivity index (χ1n) is 5.26. The van der Waals surface area contributed by atoms with E-state index >= 15 is 0 Å². The third-order valence-electron chi connectivity index (χ3n) is 2.12. The van der Waals surface area contributed by atoms with E-state index in [0.29, 0.717) is 24.4 Å². The lowest BCUT2D eigenvalue weighted by Crippen LogP contribution is -2.02. The summed E-state index contributed by atoms with van der Waals surface area (Å²) < 4.78 is 14.9. The summed E-state index contributed by atoms with van der Waals surface area (Å²) in [6.07, 6.45) is 1.88. The van der Waals surface area contributed by atoms with Crippen LogP contribution < -0.4 is 0 Å². The molecule has 1 aromatic rings. The molecule has 0 fully saturated rings. The van der Waals surface area contributed by atoms with Crippen molar-refractivity contribution in [3.63, 3.8) is 0 Å². The molecule has 1 aromatic carbocycles. The van der Waals surface area contributed by atoms with E-state index in [1.165, 1.54) is 13.4 Å². The Kier molecular flexibility index (Phi) is 5.82. The van der Waals surface area contributed by atoms with Crippen molar-refractivity contribution in [3.05, 3.63) is 47.9 Å². The quantitative estimate of drug-likeness (QED) is 0.562. The average molecular weight is 236 g/mol. The molecule has 0 saturated heterocycles. The van der Waals surface area contributed by atoms with Crippen LogP contribution >= 0.6 is 0 Å². The van der Waals surface area contributed by atoms with Crippen LogP contribution in [0.4, 0.5) is 0 Å². The van der Waals surface area contributed by atoms with Gasteiger partial charge in [0, 0.05) is 13.5 Å². The number of esters is 1. The molecule has 0 unspecified atom stereocenters. The van der Waals surface area contributed by atoms with Crippen LogP contribution in [0.1, 0.15) is 16.8 Å². The van der Waals surface area contributed by atoms with Gasteiger partial charge in [-0.15, -0.1) is 0 Å². The predicted molar refractivity (Wildman–Crippen MR) is 63.4 cm³/mol. The number of methoxy groups -OCH3 is 2. The Hall–Kier alpha value is -1.81. The number of rotatable bonds is 6. The minimum Gasteiger partial charge on any atom is -0.498 e. The molecule has 0 atom stereocenters. The van der Waals surface area contributed by atoms with Crippen molar-refractivity contribution in [1.82, 2.24) is 0 Å². The summed E-state index contributed by atoms with van der Waals surface area (Å²) in [4.78, 5) is 11.6. The average Bonchev–Trinajstić information content (AvgIpc) is 2.39. The molecule has 0 aliphatic carbocycles. The second-order valence-corrected chi connectivity index (χ2v) is 3.30. The third-order valence-corrected chi connectivity index (χ3v) is 2.12. The topological polar surface area (TPSA) is 44.8 Å². The van der Waals surface area contributed by atoms with Crippen molar-refractivity contribution >= 4 is 5.97 Å². The molecule has 0 amide bonds. The van der Waals surface area contributed by atoms with Crippen molar-refractivity contribution in [2.75, 3.05) is 20.8 Å². The standard InChI is InChI=1S/C13H16O4/c1-15-9-8-12(16-2)10-17-13(14)11-6-4-3-5-7-11/h3-7,10H,8-9H2,1-2H3. The van der Waals surface area contributed by atoms with Crippen molar-refractivity contribution in [2.45, 2.75) is 6.42 Å². The molecule has 0 bridgehead atoms. The lowest BCUT2D eigenvalue weighted by molar-refractivity contribution is 0.0642. The molecular formula is C13H16O4. The number of ether oxygens (including phenoxy) is 3. The summed E-state index contributed by atoms with van der Waals surface area (Å²) >= 11 is 0. The Morgan fingerprint density at radius 1 is 1.24 bits per heavy atom. The van der Waals surface area contributed by atoms with Crippen molar-refractivity contribution in [2.24, 2.45) is 0 Å². The highest BCUT2D eigenvalue weighted by Crippen LogP contribution is 2.06. The van der Waals surface area contributed by atoms with Gasteiger partial charge in [0.15, 0.2) is 0 Å². The normalized spacial score (nSPS) is 11.1. The van der Waals surface area contributed by atoms with Gasteiger partial charge >= 0.3 is 5.97 Å². The Balaban J connectivity index is 2.53. The molecule has 0 saturated carbocycles. The number of hydrogen-bond donors (Lipinski definition) is 0. The van der Waals surface area contributed by atoms with Crippen LogP contribution in [-0.2, 0) is 14.2 Å². The number of benzene rings is 1. The Bertz CT molecular complexity index is 370. The molecule has 0 spiro atoms. The first-order valence-corrected chi connectivity index (χ1v) is 5.26. The molecule has 4 nitrogen and oxygen atoms in total. The molecule has 0 heterocycles. The monoisotopic (exact) mass is 236 g/mol. The van der Waals surface area contributed by atoms with Crippen LogP contribution in [0.3, 0.4) is 0 Å². The SMILES string of the molecule is COCCC(=COC(=O)c1ccccc1)OC. The molecular weight excluding hydrogens is 220 g/mol. The van der Waals surface area contributed by atoms with Gasteiger partial charge in [-0.3, -0.25) is 0 Å². The van der Waals surface area contributed by atoms with E-state index in [4.69, 9.17) is 14.2 Å². The van der Waals surface area contributed by atoms with Gasteiger partial charge in [0.2, 0.25) is 0 Å². The van der Waals surface area contributed by atoms with Gasteiger partial charge in [0.25, 0.3) is 0 Å². The van der Waals surface area contributed by atoms with E-state index in [9.17, 15) is 4.79 Å².